The van der Waals surface area contributed by atoms with Crippen molar-refractivity contribution in [3.8, 4) is 0 Å². The number of carbonyl (C=O) groups is 2. The fourth-order valence-electron chi connectivity index (χ4n) is 4.78. The van der Waals surface area contributed by atoms with E-state index in [-0.39, 0.29) is 54.5 Å². The van der Waals surface area contributed by atoms with Gasteiger partial charge in [0, 0.05) is 40.6 Å². The second-order valence-corrected chi connectivity index (χ2v) is 13.3. The number of halogens is 4. The lowest BCUT2D eigenvalue weighted by atomic mass is 10.1. The van der Waals surface area contributed by atoms with Crippen molar-refractivity contribution in [2.24, 2.45) is 0 Å². The van der Waals surface area contributed by atoms with Gasteiger partial charge in [0.2, 0.25) is 21.8 Å². The van der Waals surface area contributed by atoms with E-state index in [0.717, 1.165) is 36.2 Å². The third-order valence-electron chi connectivity index (χ3n) is 6.77. The summed E-state index contributed by atoms with van der Waals surface area (Å²) >= 11 is 24.8. The maximum atomic E-state index is 13.6. The van der Waals surface area contributed by atoms with Crippen molar-refractivity contribution in [3.05, 3.63) is 62.1 Å². The lowest BCUT2D eigenvalue weighted by Crippen LogP contribution is -2.51. The predicted molar refractivity (Wildman–Crippen MR) is 159 cm³/mol. The molecule has 39 heavy (non-hydrogen) atoms. The van der Waals surface area contributed by atoms with Gasteiger partial charge in [-0.1, -0.05) is 72.2 Å². The van der Waals surface area contributed by atoms with Crippen LogP contribution in [0.3, 0.4) is 0 Å². The number of nitrogens with zero attached hydrogens (tertiary/aromatic N) is 2. The zero-order valence-electron chi connectivity index (χ0n) is 21.9. The van der Waals surface area contributed by atoms with Crippen LogP contribution in [0.2, 0.25) is 20.1 Å². The molecule has 0 bridgehead atoms. The Morgan fingerprint density at radius 2 is 1.64 bits per heavy atom. The van der Waals surface area contributed by atoms with Crippen LogP contribution >= 0.6 is 46.4 Å². The van der Waals surface area contributed by atoms with Crippen molar-refractivity contribution in [2.75, 3.05) is 17.1 Å². The standard InChI is InChI=1S/C27H33Cl4N3O4S/c1-3-24(27(36)32-21-7-4-5-8-21)33(17-18-10-11-19(28)15-23(18)31)26(35)9-6-14-34(39(2,37)38)25-16-20(29)12-13-22(25)30/h10-13,15-16,21,24H,3-9,14,17H2,1-2H3,(H,32,36)/t24-/m1/s1. The number of carbonyl (C=O) groups excluding carboxylic acids is 2. The molecule has 2 aromatic carbocycles. The Morgan fingerprint density at radius 1 is 1.00 bits per heavy atom. The minimum absolute atomic E-state index is 0.00260. The maximum absolute atomic E-state index is 13.6. The molecule has 1 atom stereocenters. The summed E-state index contributed by atoms with van der Waals surface area (Å²) in [5.41, 5.74) is 0.899. The number of anilines is 1. The molecule has 0 aromatic heterocycles. The molecule has 2 amide bonds. The van der Waals surface area contributed by atoms with Gasteiger partial charge in [-0.3, -0.25) is 13.9 Å². The molecule has 1 N–H and O–H groups in total. The highest BCUT2D eigenvalue weighted by Gasteiger charge is 2.31. The van der Waals surface area contributed by atoms with E-state index < -0.39 is 16.1 Å². The van der Waals surface area contributed by atoms with Crippen molar-refractivity contribution in [3.63, 3.8) is 0 Å². The van der Waals surface area contributed by atoms with Gasteiger partial charge >= 0.3 is 0 Å². The molecule has 2 aromatic rings. The first-order valence-electron chi connectivity index (χ1n) is 12.9. The van der Waals surface area contributed by atoms with Gasteiger partial charge < -0.3 is 10.2 Å². The van der Waals surface area contributed by atoms with Gasteiger partial charge in [-0.15, -0.1) is 0 Å². The minimum atomic E-state index is -3.71. The number of amides is 2. The summed E-state index contributed by atoms with van der Waals surface area (Å²) in [5.74, 6) is -0.494. The van der Waals surface area contributed by atoms with Gasteiger partial charge in [0.1, 0.15) is 6.04 Å². The summed E-state index contributed by atoms with van der Waals surface area (Å²) < 4.78 is 26.3. The first-order valence-corrected chi connectivity index (χ1v) is 16.2. The van der Waals surface area contributed by atoms with E-state index in [4.69, 9.17) is 46.4 Å². The number of rotatable bonds is 12. The monoisotopic (exact) mass is 635 g/mol. The Hall–Kier alpha value is -1.71. The highest BCUT2D eigenvalue weighted by Crippen LogP contribution is 2.31. The number of benzene rings is 2. The minimum Gasteiger partial charge on any atom is -0.352 e. The Bertz CT molecular complexity index is 1290. The molecule has 214 valence electrons. The van der Waals surface area contributed by atoms with Crippen LogP contribution in [0.4, 0.5) is 5.69 Å². The van der Waals surface area contributed by atoms with Gasteiger partial charge in [-0.25, -0.2) is 8.42 Å². The van der Waals surface area contributed by atoms with Crippen LogP contribution in [0.5, 0.6) is 0 Å². The van der Waals surface area contributed by atoms with Crippen LogP contribution < -0.4 is 9.62 Å². The number of hydrogen-bond donors (Lipinski definition) is 1. The SMILES string of the molecule is CC[C@H](C(=O)NC1CCCC1)N(Cc1ccc(Cl)cc1Cl)C(=O)CCCN(c1cc(Cl)ccc1Cl)S(C)(=O)=O. The Labute approximate surface area is 250 Å². The molecular formula is C27H33Cl4N3O4S. The van der Waals surface area contributed by atoms with Gasteiger partial charge in [0.25, 0.3) is 0 Å². The number of sulfonamides is 1. The quantitative estimate of drug-likeness (QED) is 0.280. The van der Waals surface area contributed by atoms with Crippen LogP contribution in [0.1, 0.15) is 57.4 Å². The fourth-order valence-corrected chi connectivity index (χ4v) is 6.65. The molecule has 0 unspecified atom stereocenters. The zero-order valence-corrected chi connectivity index (χ0v) is 25.8. The Balaban J connectivity index is 1.81. The first-order chi connectivity index (χ1) is 18.4. The van der Waals surface area contributed by atoms with Crippen LogP contribution in [0.15, 0.2) is 36.4 Å². The molecule has 0 radical (unpaired) electrons. The maximum Gasteiger partial charge on any atom is 0.243 e. The lowest BCUT2D eigenvalue weighted by molar-refractivity contribution is -0.141. The van der Waals surface area contributed by atoms with E-state index in [1.54, 1.807) is 24.3 Å². The lowest BCUT2D eigenvalue weighted by Gasteiger charge is -2.32. The van der Waals surface area contributed by atoms with E-state index in [0.29, 0.717) is 27.1 Å². The summed E-state index contributed by atoms with van der Waals surface area (Å²) in [6, 6.07) is 8.98. The van der Waals surface area contributed by atoms with Crippen molar-refractivity contribution in [2.45, 2.75) is 70.5 Å². The molecule has 7 nitrogen and oxygen atoms in total. The molecule has 0 aliphatic heterocycles. The van der Waals surface area contributed by atoms with Crippen LogP contribution in [-0.2, 0) is 26.2 Å². The topological polar surface area (TPSA) is 86.8 Å². The summed E-state index contributed by atoms with van der Waals surface area (Å²) in [7, 11) is -3.71. The van der Waals surface area contributed by atoms with E-state index in [1.807, 2.05) is 6.92 Å². The molecule has 0 saturated heterocycles. The Morgan fingerprint density at radius 3 is 2.26 bits per heavy atom. The van der Waals surface area contributed by atoms with E-state index >= 15 is 0 Å². The van der Waals surface area contributed by atoms with E-state index in [1.165, 1.54) is 17.0 Å². The third kappa shape index (κ3) is 8.89. The van der Waals surface area contributed by atoms with Crippen molar-refractivity contribution in [1.82, 2.24) is 10.2 Å². The molecule has 1 fully saturated rings. The Kier molecular flexibility index (Phi) is 11.6. The molecule has 1 aliphatic rings. The van der Waals surface area contributed by atoms with Crippen LogP contribution in [0, 0.1) is 0 Å². The molecule has 12 heteroatoms. The van der Waals surface area contributed by atoms with Crippen molar-refractivity contribution >= 4 is 73.9 Å². The molecular weight excluding hydrogens is 604 g/mol. The largest absolute Gasteiger partial charge is 0.352 e. The second-order valence-electron chi connectivity index (χ2n) is 9.71. The van der Waals surface area contributed by atoms with Crippen molar-refractivity contribution in [1.29, 1.82) is 0 Å². The third-order valence-corrected chi connectivity index (χ3v) is 9.09. The number of nitrogens with one attached hydrogen (secondary N) is 1. The molecule has 3 rings (SSSR count). The van der Waals surface area contributed by atoms with Crippen molar-refractivity contribution < 1.29 is 18.0 Å². The fraction of sp³-hybridized carbons (Fsp3) is 0.481. The first kappa shape index (κ1) is 31.8. The van der Waals surface area contributed by atoms with Gasteiger partial charge in [0.15, 0.2) is 0 Å². The summed E-state index contributed by atoms with van der Waals surface area (Å²) in [4.78, 5) is 28.4. The second kappa shape index (κ2) is 14.3. The molecule has 1 aliphatic carbocycles. The highest BCUT2D eigenvalue weighted by atomic mass is 35.5. The average Bonchev–Trinajstić information content (AvgIpc) is 3.37. The summed E-state index contributed by atoms with van der Waals surface area (Å²) in [6.45, 7) is 1.97. The van der Waals surface area contributed by atoms with Crippen LogP contribution in [-0.4, -0.2) is 50.0 Å². The normalized spacial score (nSPS) is 14.7. The summed E-state index contributed by atoms with van der Waals surface area (Å²) in [5, 5.41) is 4.52. The zero-order chi connectivity index (χ0) is 28.7. The molecule has 0 spiro atoms. The van der Waals surface area contributed by atoms with E-state index in [2.05, 4.69) is 5.32 Å². The highest BCUT2D eigenvalue weighted by molar-refractivity contribution is 7.92. The molecule has 1 saturated carbocycles. The summed E-state index contributed by atoms with van der Waals surface area (Å²) in [6.07, 6.45) is 5.66. The van der Waals surface area contributed by atoms with Crippen LogP contribution in [0.25, 0.3) is 0 Å². The predicted octanol–water partition coefficient (Wildman–Crippen LogP) is 6.71. The number of hydrogen-bond acceptors (Lipinski definition) is 4. The van der Waals surface area contributed by atoms with Gasteiger partial charge in [-0.05, 0) is 61.6 Å². The molecule has 0 heterocycles. The smallest absolute Gasteiger partial charge is 0.243 e. The average molecular weight is 637 g/mol. The van der Waals surface area contributed by atoms with E-state index in [9.17, 15) is 18.0 Å². The van der Waals surface area contributed by atoms with Gasteiger partial charge in [0.05, 0.1) is 17.0 Å². The van der Waals surface area contributed by atoms with Gasteiger partial charge in [-0.2, -0.15) is 0 Å².